The summed E-state index contributed by atoms with van der Waals surface area (Å²) in [6, 6.07) is 0.427. The Balaban J connectivity index is 0.693. The molecular weight excluding hydrogens is 789 g/mol. The molecule has 0 aromatic carbocycles. The van der Waals surface area contributed by atoms with Crippen LogP contribution in [0.2, 0.25) is 0 Å². The molecule has 2 saturated heterocycles. The van der Waals surface area contributed by atoms with Crippen LogP contribution >= 0.6 is 11.8 Å². The third-order valence-corrected chi connectivity index (χ3v) is 17.7. The SMILES string of the molecule is CC(C)CCC[C@@H](C)[C@H]1CC[C@H]2[C@@H]3CC=C4C[C@@H](OCc5cn(CCOCCOCCOCCNC(=O)CCCC[C@@H]6SC[C@@H]7NC(=O)N[C@@H]76)nn5)CC[C@]4(C)[C@H]3CC[C@]12C. The van der Waals surface area contributed by atoms with E-state index in [0.717, 1.165) is 79.1 Å². The van der Waals surface area contributed by atoms with Crippen molar-refractivity contribution in [1.82, 2.24) is 30.9 Å². The molecule has 3 amide bonds. The maximum Gasteiger partial charge on any atom is 0.315 e. The van der Waals surface area contributed by atoms with E-state index >= 15 is 0 Å². The molecule has 0 spiro atoms. The highest BCUT2D eigenvalue weighted by molar-refractivity contribution is 8.00. The maximum atomic E-state index is 12.2. The molecular formula is C48H80N6O6S. The summed E-state index contributed by atoms with van der Waals surface area (Å²) >= 11 is 1.91. The molecule has 1 aromatic heterocycles. The Bertz CT molecular complexity index is 1590. The number of hydrogen-bond donors (Lipinski definition) is 3. The van der Waals surface area contributed by atoms with Gasteiger partial charge in [-0.1, -0.05) is 77.2 Å². The van der Waals surface area contributed by atoms with Gasteiger partial charge < -0.3 is 34.9 Å². The van der Waals surface area contributed by atoms with Gasteiger partial charge in [0.1, 0.15) is 5.69 Å². The Hall–Kier alpha value is -2.19. The first-order valence-electron chi connectivity index (χ1n) is 24.4. The van der Waals surface area contributed by atoms with Crippen LogP contribution in [0.25, 0.3) is 0 Å². The van der Waals surface area contributed by atoms with E-state index in [1.807, 2.05) is 22.6 Å². The minimum absolute atomic E-state index is 0.0516. The standard InChI is InChI=1S/C48H80N6O6S/c1-33(2)9-8-10-34(3)39-15-16-40-38-14-13-35-29-37(17-19-47(35,4)41(38)18-20-48(39,40)5)60-31-36-30-54(53-52-36)22-24-58-26-28-59-27-25-57-23-21-49-44(55)12-7-6-11-43-45-42(32-61-43)50-46(56)51-45/h13,30,33-34,37-43,45H,6-12,14-29,31-32H2,1-5H3,(H,49,55)(H2,50,51,56)/t34-,37+,38+,39-,40+,41+,42+,43+,45+,47+,48-/m1/s1. The van der Waals surface area contributed by atoms with Crippen LogP contribution in [0.15, 0.2) is 17.8 Å². The van der Waals surface area contributed by atoms with Crippen molar-refractivity contribution in [2.24, 2.45) is 46.3 Å². The fourth-order valence-electron chi connectivity index (χ4n) is 12.8. The molecule has 4 aliphatic carbocycles. The summed E-state index contributed by atoms with van der Waals surface area (Å²) in [5.41, 5.74) is 3.43. The molecule has 344 valence electrons. The Morgan fingerprint density at radius 3 is 2.57 bits per heavy atom. The van der Waals surface area contributed by atoms with Gasteiger partial charge in [-0.15, -0.1) is 5.10 Å². The van der Waals surface area contributed by atoms with E-state index in [4.69, 9.17) is 18.9 Å². The number of urea groups is 1. The van der Waals surface area contributed by atoms with Crippen LogP contribution in [0.3, 0.4) is 0 Å². The number of nitrogens with zero attached hydrogens (tertiary/aromatic N) is 3. The molecule has 2 aliphatic heterocycles. The predicted molar refractivity (Wildman–Crippen MR) is 241 cm³/mol. The Kier molecular flexibility index (Phi) is 17.0. The van der Waals surface area contributed by atoms with Crippen LogP contribution in [-0.4, -0.2) is 102 Å². The minimum Gasteiger partial charge on any atom is -0.377 e. The average Bonchev–Trinajstić information content (AvgIpc) is 4.02. The van der Waals surface area contributed by atoms with Crippen molar-refractivity contribution in [3.8, 4) is 0 Å². The first-order valence-corrected chi connectivity index (χ1v) is 25.5. The molecule has 0 radical (unpaired) electrons. The third kappa shape index (κ3) is 11.9. The second-order valence-corrected chi connectivity index (χ2v) is 21.8. The number of carbonyl (C=O) groups is 2. The third-order valence-electron chi connectivity index (χ3n) is 16.2. The van der Waals surface area contributed by atoms with Gasteiger partial charge in [0.15, 0.2) is 0 Å². The zero-order chi connectivity index (χ0) is 42.8. The highest BCUT2D eigenvalue weighted by Gasteiger charge is 2.59. The van der Waals surface area contributed by atoms with Gasteiger partial charge in [0.25, 0.3) is 0 Å². The molecule has 3 heterocycles. The van der Waals surface area contributed by atoms with Crippen molar-refractivity contribution in [2.75, 3.05) is 51.9 Å². The quantitative estimate of drug-likeness (QED) is 0.0506. The first-order chi connectivity index (χ1) is 29.5. The molecule has 0 bridgehead atoms. The average molecular weight is 869 g/mol. The number of rotatable bonds is 25. The first kappa shape index (κ1) is 46.8. The number of aromatic nitrogens is 3. The number of nitrogens with one attached hydrogen (secondary N) is 3. The summed E-state index contributed by atoms with van der Waals surface area (Å²) in [5.74, 6) is 6.23. The number of fused-ring (bicyclic) bond motifs is 6. The zero-order valence-corrected chi connectivity index (χ0v) is 39.1. The molecule has 12 nitrogen and oxygen atoms in total. The summed E-state index contributed by atoms with van der Waals surface area (Å²) in [6.07, 6.45) is 23.0. The van der Waals surface area contributed by atoms with Gasteiger partial charge in [0.2, 0.25) is 5.91 Å². The lowest BCUT2D eigenvalue weighted by Crippen LogP contribution is -2.51. The largest absolute Gasteiger partial charge is 0.377 e. The normalized spacial score (nSPS) is 33.3. The van der Waals surface area contributed by atoms with E-state index < -0.39 is 0 Å². The second-order valence-electron chi connectivity index (χ2n) is 20.5. The molecule has 13 heteroatoms. The van der Waals surface area contributed by atoms with Crippen LogP contribution in [-0.2, 0) is 36.9 Å². The number of carbonyl (C=O) groups excluding carboxylic acids is 2. The van der Waals surface area contributed by atoms with Crippen LogP contribution < -0.4 is 16.0 Å². The summed E-state index contributed by atoms with van der Waals surface area (Å²) in [6.45, 7) is 17.2. The number of thioether (sulfide) groups is 1. The van der Waals surface area contributed by atoms with Crippen LogP contribution in [0.4, 0.5) is 4.79 Å². The summed E-state index contributed by atoms with van der Waals surface area (Å²) in [4.78, 5) is 23.7. The fraction of sp³-hybridized carbons (Fsp3) is 0.875. The van der Waals surface area contributed by atoms with Crippen molar-refractivity contribution in [2.45, 2.75) is 168 Å². The lowest BCUT2D eigenvalue weighted by molar-refractivity contribution is -0.121. The number of hydrogen-bond acceptors (Lipinski definition) is 9. The van der Waals surface area contributed by atoms with Gasteiger partial charge in [-0.25, -0.2) is 9.48 Å². The smallest absolute Gasteiger partial charge is 0.315 e. The number of allylic oxidation sites excluding steroid dienone is 1. The van der Waals surface area contributed by atoms with E-state index in [-0.39, 0.29) is 30.1 Å². The van der Waals surface area contributed by atoms with Gasteiger partial charge in [0.05, 0.1) is 77.2 Å². The molecule has 6 aliphatic rings. The summed E-state index contributed by atoms with van der Waals surface area (Å²) < 4.78 is 25.4. The highest BCUT2D eigenvalue weighted by Crippen LogP contribution is 2.67. The van der Waals surface area contributed by atoms with E-state index in [0.29, 0.717) is 81.8 Å². The van der Waals surface area contributed by atoms with Crippen molar-refractivity contribution in [3.05, 3.63) is 23.5 Å². The number of ether oxygens (including phenoxy) is 4. The summed E-state index contributed by atoms with van der Waals surface area (Å²) in [7, 11) is 0. The van der Waals surface area contributed by atoms with E-state index in [1.54, 1.807) is 5.57 Å². The van der Waals surface area contributed by atoms with Gasteiger partial charge >= 0.3 is 6.03 Å². The zero-order valence-electron chi connectivity index (χ0n) is 38.3. The van der Waals surface area contributed by atoms with Crippen LogP contribution in [0.1, 0.15) is 137 Å². The number of unbranched alkanes of at least 4 members (excludes halogenated alkanes) is 1. The molecule has 0 unspecified atom stereocenters. The minimum atomic E-state index is -0.0516. The molecule has 7 rings (SSSR count). The molecule has 3 saturated carbocycles. The Morgan fingerprint density at radius 2 is 1.75 bits per heavy atom. The van der Waals surface area contributed by atoms with E-state index in [1.165, 1.54) is 57.8 Å². The fourth-order valence-corrected chi connectivity index (χ4v) is 14.4. The molecule has 3 N–H and O–H groups in total. The maximum absolute atomic E-state index is 12.2. The summed E-state index contributed by atoms with van der Waals surface area (Å²) in [5, 5.41) is 18.1. The Labute approximate surface area is 371 Å². The topological polar surface area (TPSA) is 138 Å². The van der Waals surface area contributed by atoms with Gasteiger partial charge in [-0.2, -0.15) is 11.8 Å². The lowest BCUT2D eigenvalue weighted by atomic mass is 9.47. The molecule has 5 fully saturated rings. The van der Waals surface area contributed by atoms with Crippen LogP contribution in [0, 0.1) is 46.3 Å². The highest BCUT2D eigenvalue weighted by atomic mass is 32.2. The van der Waals surface area contributed by atoms with E-state index in [9.17, 15) is 9.59 Å². The Morgan fingerprint density at radius 1 is 0.951 bits per heavy atom. The van der Waals surface area contributed by atoms with Gasteiger partial charge in [-0.3, -0.25) is 4.79 Å². The monoisotopic (exact) mass is 869 g/mol. The van der Waals surface area contributed by atoms with Crippen molar-refractivity contribution < 1.29 is 28.5 Å². The van der Waals surface area contributed by atoms with E-state index in [2.05, 4.69) is 67.0 Å². The van der Waals surface area contributed by atoms with Gasteiger partial charge in [0, 0.05) is 24.0 Å². The van der Waals surface area contributed by atoms with Crippen molar-refractivity contribution in [1.29, 1.82) is 0 Å². The number of amides is 3. The second kappa shape index (κ2) is 22.1. The van der Waals surface area contributed by atoms with Crippen molar-refractivity contribution >= 4 is 23.7 Å². The predicted octanol–water partition coefficient (Wildman–Crippen LogP) is 8.10. The molecule has 11 atom stereocenters. The lowest BCUT2D eigenvalue weighted by Gasteiger charge is -2.58. The van der Waals surface area contributed by atoms with Crippen LogP contribution in [0.5, 0.6) is 0 Å². The molecule has 1 aromatic rings. The molecule has 61 heavy (non-hydrogen) atoms. The van der Waals surface area contributed by atoms with Crippen molar-refractivity contribution in [3.63, 3.8) is 0 Å². The van der Waals surface area contributed by atoms with Gasteiger partial charge in [-0.05, 0) is 111 Å².